The number of carbonyl (C=O) groups excluding carboxylic acids is 2. The van der Waals surface area contributed by atoms with E-state index in [0.717, 1.165) is 36.2 Å². The average Bonchev–Trinajstić information content (AvgIpc) is 3.54. The summed E-state index contributed by atoms with van der Waals surface area (Å²) in [5.41, 5.74) is 13.4. The normalized spacial score (nSPS) is 16.8. The van der Waals surface area contributed by atoms with E-state index in [1.165, 1.54) is 62.7 Å². The smallest absolute Gasteiger partial charge is 0.252 e. The molecular weight excluding hydrogens is 476 g/mol. The summed E-state index contributed by atoms with van der Waals surface area (Å²) < 4.78 is 0. The highest BCUT2D eigenvalue weighted by atomic mass is 32.1. The molecular formula is C26H30N6O3S. The van der Waals surface area contributed by atoms with Gasteiger partial charge in [0, 0.05) is 36.1 Å². The first kappa shape index (κ1) is 24.1. The van der Waals surface area contributed by atoms with E-state index in [4.69, 9.17) is 11.5 Å². The monoisotopic (exact) mass is 506 g/mol. The van der Waals surface area contributed by atoms with Gasteiger partial charge in [-0.25, -0.2) is 4.98 Å². The minimum absolute atomic E-state index is 0.0960. The number of benzene rings is 2. The fourth-order valence-corrected chi connectivity index (χ4v) is 5.90. The molecule has 6 N–H and O–H groups in total. The van der Waals surface area contributed by atoms with Crippen LogP contribution in [-0.4, -0.2) is 58.9 Å². The number of hydrogen-bond acceptors (Lipinski definition) is 9. The van der Waals surface area contributed by atoms with Crippen LogP contribution in [0.5, 0.6) is 5.75 Å². The molecule has 0 atom stereocenters. The highest BCUT2D eigenvalue weighted by Gasteiger charge is 2.26. The number of anilines is 4. The molecule has 188 valence electrons. The number of nitrogens with zero attached hydrogens (tertiary/aromatic N) is 3. The molecule has 0 aliphatic carbocycles. The van der Waals surface area contributed by atoms with Crippen molar-refractivity contribution in [2.45, 2.75) is 31.7 Å². The maximum absolute atomic E-state index is 13.0. The number of ketones is 1. The highest BCUT2D eigenvalue weighted by Crippen LogP contribution is 2.32. The van der Waals surface area contributed by atoms with Crippen LogP contribution in [0.15, 0.2) is 42.5 Å². The van der Waals surface area contributed by atoms with Gasteiger partial charge in [0.05, 0.1) is 5.56 Å². The summed E-state index contributed by atoms with van der Waals surface area (Å²) >= 11 is 1.13. The number of nitrogens with two attached hydrogens (primary N) is 2. The number of nitrogens with one attached hydrogen (secondary N) is 1. The Balaban J connectivity index is 1.23. The third kappa shape index (κ3) is 5.00. The zero-order valence-electron chi connectivity index (χ0n) is 19.9. The quantitative estimate of drug-likeness (QED) is 0.357. The van der Waals surface area contributed by atoms with Gasteiger partial charge in [0.25, 0.3) is 5.91 Å². The number of carbonyl (C=O) groups is 2. The number of nitrogen functional groups attached to an aromatic ring is 1. The zero-order valence-corrected chi connectivity index (χ0v) is 20.8. The Labute approximate surface area is 213 Å². The molecule has 0 radical (unpaired) electrons. The number of aromatic nitrogens is 1. The van der Waals surface area contributed by atoms with Crippen LogP contribution >= 0.6 is 11.3 Å². The van der Waals surface area contributed by atoms with Gasteiger partial charge in [0.15, 0.2) is 5.13 Å². The topological polar surface area (TPSA) is 138 Å². The number of piperidine rings is 1. The number of rotatable bonds is 7. The van der Waals surface area contributed by atoms with Crippen molar-refractivity contribution in [1.82, 2.24) is 9.88 Å². The first-order chi connectivity index (χ1) is 17.4. The van der Waals surface area contributed by atoms with Crippen molar-refractivity contribution in [3.8, 4) is 5.75 Å². The van der Waals surface area contributed by atoms with Gasteiger partial charge in [0.1, 0.15) is 16.4 Å². The van der Waals surface area contributed by atoms with Crippen molar-refractivity contribution in [2.24, 2.45) is 5.73 Å². The molecule has 2 saturated heterocycles. The number of thiazole rings is 1. The molecule has 2 aromatic carbocycles. The first-order valence-corrected chi connectivity index (χ1v) is 13.0. The minimum atomic E-state index is -0.818. The predicted molar refractivity (Wildman–Crippen MR) is 142 cm³/mol. The van der Waals surface area contributed by atoms with E-state index in [1.54, 1.807) is 0 Å². The Morgan fingerprint density at radius 2 is 1.72 bits per heavy atom. The summed E-state index contributed by atoms with van der Waals surface area (Å²) in [6, 6.07) is 12.9. The summed E-state index contributed by atoms with van der Waals surface area (Å²) in [6.07, 6.45) is 5.08. The predicted octanol–water partition coefficient (Wildman–Crippen LogP) is 3.57. The molecule has 0 saturated carbocycles. The van der Waals surface area contributed by atoms with Crippen LogP contribution in [0.1, 0.15) is 51.3 Å². The first-order valence-electron chi connectivity index (χ1n) is 12.2. The van der Waals surface area contributed by atoms with Gasteiger partial charge in [-0.15, -0.1) is 0 Å². The van der Waals surface area contributed by atoms with Crippen molar-refractivity contribution in [2.75, 3.05) is 42.1 Å². The summed E-state index contributed by atoms with van der Waals surface area (Å²) in [6.45, 7) is 4.64. The number of phenols is 1. The molecule has 0 spiro atoms. The lowest BCUT2D eigenvalue weighted by atomic mass is 10.0. The number of amides is 1. The van der Waals surface area contributed by atoms with Crippen LogP contribution in [0, 0.1) is 0 Å². The maximum atomic E-state index is 13.0. The van der Waals surface area contributed by atoms with Crippen molar-refractivity contribution in [3.63, 3.8) is 0 Å². The van der Waals surface area contributed by atoms with Crippen molar-refractivity contribution in [1.29, 1.82) is 0 Å². The van der Waals surface area contributed by atoms with E-state index in [0.29, 0.717) is 5.13 Å². The fourth-order valence-electron chi connectivity index (χ4n) is 5.03. The summed E-state index contributed by atoms with van der Waals surface area (Å²) in [4.78, 5) is 34.1. The summed E-state index contributed by atoms with van der Waals surface area (Å²) in [7, 11) is 0. The van der Waals surface area contributed by atoms with Gasteiger partial charge >= 0.3 is 0 Å². The van der Waals surface area contributed by atoms with Gasteiger partial charge in [-0.3, -0.25) is 9.59 Å². The molecule has 0 bridgehead atoms. The Hall–Kier alpha value is -3.63. The Morgan fingerprint density at radius 3 is 2.39 bits per heavy atom. The molecule has 36 heavy (non-hydrogen) atoms. The van der Waals surface area contributed by atoms with E-state index in [2.05, 4.69) is 32.2 Å². The van der Waals surface area contributed by atoms with E-state index in [9.17, 15) is 14.7 Å². The molecule has 3 aromatic rings. The van der Waals surface area contributed by atoms with Crippen LogP contribution in [0.3, 0.4) is 0 Å². The van der Waals surface area contributed by atoms with Gasteiger partial charge in [-0.2, -0.15) is 0 Å². The van der Waals surface area contributed by atoms with E-state index < -0.39 is 11.7 Å². The van der Waals surface area contributed by atoms with E-state index >= 15 is 0 Å². The number of aromatic hydroxyl groups is 1. The number of hydrogen-bond donors (Lipinski definition) is 4. The second-order valence-corrected chi connectivity index (χ2v) is 10.3. The van der Waals surface area contributed by atoms with Crippen LogP contribution in [-0.2, 0) is 0 Å². The standard InChI is InChI=1S/C26H30N6O3S/c27-24-23(22(34)16-3-8-21(33)20(15-16)25(28)35)36-26(30-24)29-17-4-6-18(7-5-17)32-13-9-19(10-14-32)31-11-1-2-12-31/h3-8,15,19,33H,1-2,9-14,27H2,(H2,28,35)(H,29,30). The molecule has 1 aromatic heterocycles. The van der Waals surface area contributed by atoms with E-state index in [1.807, 2.05) is 12.1 Å². The summed E-state index contributed by atoms with van der Waals surface area (Å²) in [5.74, 6) is -1.40. The van der Waals surface area contributed by atoms with Crippen LogP contribution in [0.2, 0.25) is 0 Å². The maximum Gasteiger partial charge on any atom is 0.252 e. The SMILES string of the molecule is NC(=O)c1cc(C(=O)c2sc(Nc3ccc(N4CCC(N5CCCC5)CC4)cc3)nc2N)ccc1O. The number of likely N-dealkylation sites (tertiary alicyclic amines) is 1. The van der Waals surface area contributed by atoms with Gasteiger partial charge in [0.2, 0.25) is 5.78 Å². The van der Waals surface area contributed by atoms with Gasteiger partial charge < -0.3 is 31.7 Å². The van der Waals surface area contributed by atoms with Crippen LogP contribution < -0.4 is 21.7 Å². The second kappa shape index (κ2) is 10.2. The summed E-state index contributed by atoms with van der Waals surface area (Å²) in [5, 5.41) is 13.5. The van der Waals surface area contributed by atoms with Crippen molar-refractivity contribution >= 4 is 45.4 Å². The van der Waals surface area contributed by atoms with Crippen molar-refractivity contribution < 1.29 is 14.7 Å². The molecule has 5 rings (SSSR count). The van der Waals surface area contributed by atoms with Gasteiger partial charge in [-0.05, 0) is 81.2 Å². The number of primary amides is 1. The third-order valence-electron chi connectivity index (χ3n) is 6.99. The Kier molecular flexibility index (Phi) is 6.80. The van der Waals surface area contributed by atoms with Crippen molar-refractivity contribution in [3.05, 3.63) is 58.5 Å². The fraction of sp³-hybridized carbons (Fsp3) is 0.346. The lowest BCUT2D eigenvalue weighted by Gasteiger charge is -2.37. The Bertz CT molecular complexity index is 1260. The molecule has 2 aliphatic rings. The van der Waals surface area contributed by atoms with Gasteiger partial charge in [-0.1, -0.05) is 11.3 Å². The highest BCUT2D eigenvalue weighted by molar-refractivity contribution is 7.18. The molecule has 1 amide bonds. The van der Waals surface area contributed by atoms with Crippen LogP contribution in [0.25, 0.3) is 0 Å². The second-order valence-electron chi connectivity index (χ2n) is 9.29. The molecule has 2 aliphatic heterocycles. The lowest BCUT2D eigenvalue weighted by Crippen LogP contribution is -2.43. The largest absolute Gasteiger partial charge is 0.507 e. The average molecular weight is 507 g/mol. The molecule has 10 heteroatoms. The molecule has 3 heterocycles. The van der Waals surface area contributed by atoms with Crippen LogP contribution in [0.4, 0.5) is 22.3 Å². The lowest BCUT2D eigenvalue weighted by molar-refractivity contribution is 0.0997. The molecule has 2 fully saturated rings. The Morgan fingerprint density at radius 1 is 1.03 bits per heavy atom. The molecule has 0 unspecified atom stereocenters. The van der Waals surface area contributed by atoms with E-state index in [-0.39, 0.29) is 27.6 Å². The zero-order chi connectivity index (χ0) is 25.2. The third-order valence-corrected chi connectivity index (χ3v) is 7.97. The molecule has 9 nitrogen and oxygen atoms in total. The minimum Gasteiger partial charge on any atom is -0.507 e.